The number of pyridine rings is 2. The molecular formula is C28H28N4O. The minimum absolute atomic E-state index is 0.337. The third-order valence-electron chi connectivity index (χ3n) is 6.05. The van der Waals surface area contributed by atoms with Gasteiger partial charge in [-0.2, -0.15) is 0 Å². The summed E-state index contributed by atoms with van der Waals surface area (Å²) >= 11 is 0. The summed E-state index contributed by atoms with van der Waals surface area (Å²) in [5.41, 5.74) is 4.14. The van der Waals surface area contributed by atoms with Gasteiger partial charge in [-0.05, 0) is 60.9 Å². The Morgan fingerprint density at radius 2 is 1.67 bits per heavy atom. The number of nitrogens with zero attached hydrogens (tertiary/aromatic N) is 2. The molecule has 33 heavy (non-hydrogen) atoms. The van der Waals surface area contributed by atoms with Crippen LogP contribution in [-0.4, -0.2) is 29.7 Å². The molecular weight excluding hydrogens is 408 g/mol. The second-order valence-electron chi connectivity index (χ2n) is 8.44. The van der Waals surface area contributed by atoms with Crippen molar-refractivity contribution in [2.24, 2.45) is 0 Å². The zero-order valence-electron chi connectivity index (χ0n) is 19.0. The molecule has 0 spiro atoms. The highest BCUT2D eigenvalue weighted by Gasteiger charge is 2.09. The van der Waals surface area contributed by atoms with Gasteiger partial charge in [-0.3, -0.25) is 9.97 Å². The average molecular weight is 437 g/mol. The maximum Gasteiger partial charge on any atom is 0.121 e. The molecule has 0 aliphatic rings. The third-order valence-corrected chi connectivity index (χ3v) is 6.05. The highest BCUT2D eigenvalue weighted by molar-refractivity contribution is 6.01. The van der Waals surface area contributed by atoms with Crippen LogP contribution in [0.15, 0.2) is 79.1 Å². The van der Waals surface area contributed by atoms with Gasteiger partial charge in [0, 0.05) is 47.5 Å². The molecule has 5 aromatic rings. The van der Waals surface area contributed by atoms with Crippen LogP contribution in [0.2, 0.25) is 0 Å². The third kappa shape index (κ3) is 4.53. The molecule has 3 aromatic carbocycles. The van der Waals surface area contributed by atoms with Crippen LogP contribution in [0.5, 0.6) is 5.75 Å². The first kappa shape index (κ1) is 21.0. The van der Waals surface area contributed by atoms with Crippen molar-refractivity contribution in [3.8, 4) is 5.75 Å². The van der Waals surface area contributed by atoms with Gasteiger partial charge >= 0.3 is 0 Å². The molecule has 0 amide bonds. The van der Waals surface area contributed by atoms with Crippen molar-refractivity contribution in [3.05, 3.63) is 79.1 Å². The van der Waals surface area contributed by atoms with Crippen molar-refractivity contribution in [2.75, 3.05) is 24.3 Å². The largest absolute Gasteiger partial charge is 0.497 e. The summed E-state index contributed by atoms with van der Waals surface area (Å²) in [5, 5.41) is 11.9. The average Bonchev–Trinajstić information content (AvgIpc) is 2.85. The van der Waals surface area contributed by atoms with Crippen LogP contribution in [-0.2, 0) is 0 Å². The maximum absolute atomic E-state index is 5.45. The summed E-state index contributed by atoms with van der Waals surface area (Å²) in [6, 6.07) is 23.3. The van der Waals surface area contributed by atoms with Gasteiger partial charge in [0.05, 0.1) is 23.8 Å². The van der Waals surface area contributed by atoms with E-state index >= 15 is 0 Å². The summed E-state index contributed by atoms with van der Waals surface area (Å²) in [6.45, 7) is 3.10. The number of hydrogen-bond acceptors (Lipinski definition) is 5. The molecule has 2 N–H and O–H groups in total. The highest BCUT2D eigenvalue weighted by atomic mass is 16.5. The van der Waals surface area contributed by atoms with Crippen LogP contribution < -0.4 is 15.4 Å². The molecule has 1 atom stereocenters. The molecule has 2 heterocycles. The van der Waals surface area contributed by atoms with Gasteiger partial charge < -0.3 is 15.4 Å². The van der Waals surface area contributed by atoms with Crippen molar-refractivity contribution in [3.63, 3.8) is 0 Å². The predicted molar refractivity (Wildman–Crippen MR) is 138 cm³/mol. The van der Waals surface area contributed by atoms with E-state index in [2.05, 4.69) is 76.1 Å². The van der Waals surface area contributed by atoms with Gasteiger partial charge in [0.15, 0.2) is 0 Å². The Labute approximate surface area is 193 Å². The first-order chi connectivity index (χ1) is 16.2. The van der Waals surface area contributed by atoms with E-state index in [1.165, 1.54) is 10.8 Å². The van der Waals surface area contributed by atoms with Crippen molar-refractivity contribution in [1.82, 2.24) is 9.97 Å². The van der Waals surface area contributed by atoms with Crippen LogP contribution >= 0.6 is 0 Å². The van der Waals surface area contributed by atoms with Crippen LogP contribution in [0.25, 0.3) is 32.6 Å². The molecule has 0 saturated carbocycles. The smallest absolute Gasteiger partial charge is 0.121 e. The number of anilines is 2. The molecule has 0 fully saturated rings. The van der Waals surface area contributed by atoms with Crippen molar-refractivity contribution in [1.29, 1.82) is 0 Å². The van der Waals surface area contributed by atoms with E-state index < -0.39 is 0 Å². The van der Waals surface area contributed by atoms with Crippen molar-refractivity contribution < 1.29 is 4.74 Å². The molecule has 5 rings (SSSR count). The second-order valence-corrected chi connectivity index (χ2v) is 8.44. The first-order valence-corrected chi connectivity index (χ1v) is 11.4. The molecule has 166 valence electrons. The Morgan fingerprint density at radius 3 is 2.52 bits per heavy atom. The van der Waals surface area contributed by atoms with E-state index in [-0.39, 0.29) is 0 Å². The predicted octanol–water partition coefficient (Wildman–Crippen LogP) is 6.64. The molecule has 0 saturated heterocycles. The number of benzene rings is 3. The summed E-state index contributed by atoms with van der Waals surface area (Å²) in [6.07, 6.45) is 5.79. The second kappa shape index (κ2) is 9.33. The summed E-state index contributed by atoms with van der Waals surface area (Å²) < 4.78 is 5.45. The number of hydrogen-bond donors (Lipinski definition) is 2. The zero-order valence-corrected chi connectivity index (χ0v) is 19.0. The van der Waals surface area contributed by atoms with Crippen LogP contribution in [0.1, 0.15) is 19.8 Å². The lowest BCUT2D eigenvalue weighted by molar-refractivity contribution is 0.415. The summed E-state index contributed by atoms with van der Waals surface area (Å²) in [7, 11) is 1.69. The SMILES string of the molecule is COc1cc(NCCCC(C)Nc2ccnc3cc4ccccc4cc23)c2ncccc2c1. The van der Waals surface area contributed by atoms with Gasteiger partial charge in [-0.25, -0.2) is 0 Å². The van der Waals surface area contributed by atoms with E-state index in [4.69, 9.17) is 4.74 Å². The standard InChI is InChI=1S/C28H28N4O/c1-19(7-5-12-29-27-18-23(33-2)15-22-10-6-13-31-28(22)27)32-25-11-14-30-26-17-21-9-4-3-8-20(21)16-24(25)26/h3-4,6,8-11,13-19,29H,5,7,12H2,1-2H3,(H,30,32). The lowest BCUT2D eigenvalue weighted by Crippen LogP contribution is -2.17. The highest BCUT2D eigenvalue weighted by Crippen LogP contribution is 2.29. The number of ether oxygens (including phenoxy) is 1. The molecule has 0 radical (unpaired) electrons. The number of methoxy groups -OCH3 is 1. The fourth-order valence-electron chi connectivity index (χ4n) is 4.34. The summed E-state index contributed by atoms with van der Waals surface area (Å²) in [5.74, 6) is 0.838. The number of nitrogens with one attached hydrogen (secondary N) is 2. The Bertz CT molecular complexity index is 1420. The molecule has 1 unspecified atom stereocenters. The lowest BCUT2D eigenvalue weighted by atomic mass is 10.1. The molecule has 2 aromatic heterocycles. The Hall–Kier alpha value is -3.86. The number of aromatic nitrogens is 2. The number of rotatable bonds is 8. The summed E-state index contributed by atoms with van der Waals surface area (Å²) in [4.78, 5) is 9.12. The fourth-order valence-corrected chi connectivity index (χ4v) is 4.34. The molecule has 0 aliphatic heterocycles. The van der Waals surface area contributed by atoms with Gasteiger partial charge in [0.2, 0.25) is 0 Å². The molecule has 5 nitrogen and oxygen atoms in total. The Balaban J connectivity index is 1.24. The van der Waals surface area contributed by atoms with Crippen LogP contribution in [0.4, 0.5) is 11.4 Å². The molecule has 0 bridgehead atoms. The van der Waals surface area contributed by atoms with Gasteiger partial charge in [0.1, 0.15) is 5.75 Å². The normalized spacial score (nSPS) is 12.2. The first-order valence-electron chi connectivity index (χ1n) is 11.4. The van der Waals surface area contributed by atoms with Crippen LogP contribution in [0.3, 0.4) is 0 Å². The monoisotopic (exact) mass is 436 g/mol. The Morgan fingerprint density at radius 1 is 0.848 bits per heavy atom. The zero-order chi connectivity index (χ0) is 22.6. The fraction of sp³-hybridized carbons (Fsp3) is 0.214. The van der Waals surface area contributed by atoms with Gasteiger partial charge in [-0.15, -0.1) is 0 Å². The quantitative estimate of drug-likeness (QED) is 0.211. The van der Waals surface area contributed by atoms with Gasteiger partial charge in [0.25, 0.3) is 0 Å². The van der Waals surface area contributed by atoms with E-state index in [1.807, 2.05) is 30.6 Å². The minimum Gasteiger partial charge on any atom is -0.497 e. The lowest BCUT2D eigenvalue weighted by Gasteiger charge is -2.18. The van der Waals surface area contributed by atoms with E-state index in [0.29, 0.717) is 6.04 Å². The maximum atomic E-state index is 5.45. The number of fused-ring (bicyclic) bond motifs is 3. The Kier molecular flexibility index (Phi) is 5.94. The molecule has 0 aliphatic carbocycles. The van der Waals surface area contributed by atoms with E-state index in [0.717, 1.165) is 58.3 Å². The molecule has 5 heteroatoms. The topological polar surface area (TPSA) is 59.1 Å². The van der Waals surface area contributed by atoms with E-state index in [1.54, 1.807) is 7.11 Å². The van der Waals surface area contributed by atoms with Crippen LogP contribution in [0, 0.1) is 0 Å². The van der Waals surface area contributed by atoms with Crippen molar-refractivity contribution in [2.45, 2.75) is 25.8 Å². The van der Waals surface area contributed by atoms with Crippen molar-refractivity contribution >= 4 is 44.0 Å². The van der Waals surface area contributed by atoms with Gasteiger partial charge in [-0.1, -0.05) is 30.3 Å². The van der Waals surface area contributed by atoms with E-state index in [9.17, 15) is 0 Å². The minimum atomic E-state index is 0.337.